The predicted octanol–water partition coefficient (Wildman–Crippen LogP) is 2.02. The van der Waals surface area contributed by atoms with E-state index in [2.05, 4.69) is 9.97 Å². The van der Waals surface area contributed by atoms with Gasteiger partial charge in [0.05, 0.1) is 5.92 Å². The van der Waals surface area contributed by atoms with E-state index < -0.39 is 11.9 Å². The van der Waals surface area contributed by atoms with Crippen molar-refractivity contribution in [2.75, 3.05) is 11.5 Å². The minimum Gasteiger partial charge on any atom is -0.481 e. The maximum absolute atomic E-state index is 11.3. The molecule has 2 aromatic rings. The highest BCUT2D eigenvalue weighted by Crippen LogP contribution is 2.27. The van der Waals surface area contributed by atoms with Gasteiger partial charge in [0.25, 0.3) is 0 Å². The van der Waals surface area contributed by atoms with Crippen molar-refractivity contribution < 1.29 is 9.90 Å². The maximum Gasteiger partial charge on any atom is 0.311 e. The molecule has 0 bridgehead atoms. The Morgan fingerprint density at radius 1 is 1.26 bits per heavy atom. The Morgan fingerprint density at radius 3 is 2.58 bits per heavy atom. The van der Waals surface area contributed by atoms with Gasteiger partial charge >= 0.3 is 5.97 Å². The second kappa shape index (κ2) is 6.19. The summed E-state index contributed by atoms with van der Waals surface area (Å²) in [5.74, 6) is -0.763. The number of benzene rings is 1. The number of anilines is 1. The highest BCUT2D eigenvalue weighted by atomic mass is 32.2. The van der Waals surface area contributed by atoms with Crippen molar-refractivity contribution in [1.29, 1.82) is 0 Å². The number of thioether (sulfide) groups is 1. The van der Waals surface area contributed by atoms with Crippen molar-refractivity contribution in [2.24, 2.45) is 0 Å². The van der Waals surface area contributed by atoms with Gasteiger partial charge in [-0.25, -0.2) is 9.97 Å². The van der Waals surface area contributed by atoms with Crippen LogP contribution in [0.15, 0.2) is 47.8 Å². The molecule has 0 saturated heterocycles. The van der Waals surface area contributed by atoms with E-state index in [4.69, 9.17) is 5.73 Å². The van der Waals surface area contributed by atoms with E-state index in [1.54, 1.807) is 12.1 Å². The molecule has 0 radical (unpaired) electrons. The van der Waals surface area contributed by atoms with Crippen LogP contribution in [0.3, 0.4) is 0 Å². The van der Waals surface area contributed by atoms with Crippen molar-refractivity contribution in [3.63, 3.8) is 0 Å². The minimum atomic E-state index is -0.860. The molecule has 19 heavy (non-hydrogen) atoms. The molecular weight excluding hydrogens is 262 g/mol. The molecule has 1 heterocycles. The number of nitrogens with two attached hydrogens (primary N) is 1. The lowest BCUT2D eigenvalue weighted by Gasteiger charge is -2.12. The SMILES string of the molecule is Nc1nccnc1SCC(C(=O)O)c1ccccc1. The molecule has 0 amide bonds. The Morgan fingerprint density at radius 2 is 1.95 bits per heavy atom. The number of nitrogens with zero attached hydrogens (tertiary/aromatic N) is 2. The van der Waals surface area contributed by atoms with Crippen molar-refractivity contribution >= 4 is 23.5 Å². The zero-order chi connectivity index (χ0) is 13.7. The van der Waals surface area contributed by atoms with Crippen LogP contribution < -0.4 is 5.73 Å². The van der Waals surface area contributed by atoms with E-state index in [-0.39, 0.29) is 0 Å². The minimum absolute atomic E-state index is 0.324. The molecule has 1 atom stereocenters. The summed E-state index contributed by atoms with van der Waals surface area (Å²) in [5, 5.41) is 9.85. The fourth-order valence-corrected chi connectivity index (χ4v) is 2.60. The predicted molar refractivity (Wildman–Crippen MR) is 74.0 cm³/mol. The van der Waals surface area contributed by atoms with E-state index >= 15 is 0 Å². The Bertz CT molecular complexity index is 563. The van der Waals surface area contributed by atoms with Crippen LogP contribution in [0.1, 0.15) is 11.5 Å². The summed E-state index contributed by atoms with van der Waals surface area (Å²) in [7, 11) is 0. The van der Waals surface area contributed by atoms with Crippen molar-refractivity contribution in [3.8, 4) is 0 Å². The zero-order valence-corrected chi connectivity index (χ0v) is 10.9. The number of hydrogen-bond donors (Lipinski definition) is 2. The normalized spacial score (nSPS) is 12.0. The largest absolute Gasteiger partial charge is 0.481 e. The van der Waals surface area contributed by atoms with Gasteiger partial charge in [-0.15, -0.1) is 11.8 Å². The van der Waals surface area contributed by atoms with Gasteiger partial charge < -0.3 is 10.8 Å². The number of carboxylic acid groups (broad SMARTS) is 1. The lowest BCUT2D eigenvalue weighted by molar-refractivity contribution is -0.138. The van der Waals surface area contributed by atoms with Crippen LogP contribution in [0, 0.1) is 0 Å². The fraction of sp³-hybridized carbons (Fsp3) is 0.154. The number of aromatic nitrogens is 2. The molecule has 1 unspecified atom stereocenters. The van der Waals surface area contributed by atoms with E-state index in [0.717, 1.165) is 5.56 Å². The number of carbonyl (C=O) groups is 1. The summed E-state index contributed by atoms with van der Waals surface area (Å²) in [5.41, 5.74) is 6.45. The highest BCUT2D eigenvalue weighted by molar-refractivity contribution is 7.99. The highest BCUT2D eigenvalue weighted by Gasteiger charge is 2.20. The number of rotatable bonds is 5. The monoisotopic (exact) mass is 275 g/mol. The number of hydrogen-bond acceptors (Lipinski definition) is 5. The lowest BCUT2D eigenvalue weighted by atomic mass is 10.0. The summed E-state index contributed by atoms with van der Waals surface area (Å²) in [6.45, 7) is 0. The molecule has 0 fully saturated rings. The van der Waals surface area contributed by atoms with Gasteiger partial charge in [-0.3, -0.25) is 4.79 Å². The molecule has 0 aliphatic heterocycles. The van der Waals surface area contributed by atoms with Crippen molar-refractivity contribution in [3.05, 3.63) is 48.3 Å². The van der Waals surface area contributed by atoms with Gasteiger partial charge in [0, 0.05) is 18.1 Å². The van der Waals surface area contributed by atoms with Crippen LogP contribution in [-0.4, -0.2) is 26.8 Å². The van der Waals surface area contributed by atoms with Gasteiger partial charge in [-0.1, -0.05) is 30.3 Å². The molecule has 0 saturated carbocycles. The first kappa shape index (κ1) is 13.4. The number of aliphatic carboxylic acids is 1. The molecule has 6 heteroatoms. The smallest absolute Gasteiger partial charge is 0.311 e. The first-order valence-corrected chi connectivity index (χ1v) is 6.64. The molecule has 1 aromatic heterocycles. The third-order valence-electron chi connectivity index (χ3n) is 2.58. The van der Waals surface area contributed by atoms with Crippen molar-refractivity contribution in [1.82, 2.24) is 9.97 Å². The maximum atomic E-state index is 11.3. The molecule has 0 aliphatic carbocycles. The van der Waals surface area contributed by atoms with E-state index in [0.29, 0.717) is 16.6 Å². The lowest BCUT2D eigenvalue weighted by Crippen LogP contribution is -2.14. The number of carboxylic acids is 1. The average molecular weight is 275 g/mol. The Hall–Kier alpha value is -2.08. The van der Waals surface area contributed by atoms with E-state index in [1.807, 2.05) is 18.2 Å². The first-order valence-electron chi connectivity index (χ1n) is 5.65. The first-order chi connectivity index (χ1) is 9.18. The molecule has 0 spiro atoms. The quantitative estimate of drug-likeness (QED) is 0.811. The third-order valence-corrected chi connectivity index (χ3v) is 3.67. The second-order valence-electron chi connectivity index (χ2n) is 3.86. The summed E-state index contributed by atoms with van der Waals surface area (Å²) >= 11 is 1.30. The van der Waals surface area contributed by atoms with Crippen LogP contribution in [0.25, 0.3) is 0 Å². The summed E-state index contributed by atoms with van der Waals surface area (Å²) in [6.07, 6.45) is 3.04. The summed E-state index contributed by atoms with van der Waals surface area (Å²) < 4.78 is 0. The van der Waals surface area contributed by atoms with Crippen LogP contribution in [-0.2, 0) is 4.79 Å². The van der Waals surface area contributed by atoms with Crippen LogP contribution >= 0.6 is 11.8 Å². The van der Waals surface area contributed by atoms with E-state index in [9.17, 15) is 9.90 Å². The molecule has 3 N–H and O–H groups in total. The van der Waals surface area contributed by atoms with E-state index in [1.165, 1.54) is 24.2 Å². The molecule has 0 aliphatic rings. The van der Waals surface area contributed by atoms with Crippen LogP contribution in [0.2, 0.25) is 0 Å². The molecular formula is C13H13N3O2S. The van der Waals surface area contributed by atoms with Crippen LogP contribution in [0.4, 0.5) is 5.82 Å². The average Bonchev–Trinajstić information content (AvgIpc) is 2.42. The number of nitrogen functional groups attached to an aromatic ring is 1. The van der Waals surface area contributed by atoms with Crippen LogP contribution in [0.5, 0.6) is 0 Å². The standard InChI is InChI=1S/C13H13N3O2S/c14-11-12(16-7-6-15-11)19-8-10(13(17)18)9-4-2-1-3-5-9/h1-7,10H,8H2,(H2,14,15)(H,17,18). The summed E-state index contributed by atoms with van der Waals surface area (Å²) in [4.78, 5) is 19.3. The van der Waals surface area contributed by atoms with Gasteiger partial charge in [0.15, 0.2) is 5.82 Å². The Balaban J connectivity index is 2.11. The Kier molecular flexibility index (Phi) is 4.35. The van der Waals surface area contributed by atoms with Crippen molar-refractivity contribution in [2.45, 2.75) is 10.9 Å². The van der Waals surface area contributed by atoms with Gasteiger partial charge in [-0.2, -0.15) is 0 Å². The molecule has 98 valence electrons. The van der Waals surface area contributed by atoms with Gasteiger partial charge in [0.1, 0.15) is 5.03 Å². The van der Waals surface area contributed by atoms with Gasteiger partial charge in [-0.05, 0) is 5.56 Å². The fourth-order valence-electron chi connectivity index (χ4n) is 1.60. The molecule has 2 rings (SSSR count). The molecule has 1 aromatic carbocycles. The zero-order valence-electron chi connectivity index (χ0n) is 10.1. The Labute approximate surface area is 114 Å². The van der Waals surface area contributed by atoms with Gasteiger partial charge in [0.2, 0.25) is 0 Å². The molecule has 5 nitrogen and oxygen atoms in total. The third kappa shape index (κ3) is 3.45. The topological polar surface area (TPSA) is 89.1 Å². The summed E-state index contributed by atoms with van der Waals surface area (Å²) in [6, 6.07) is 9.12. The second-order valence-corrected chi connectivity index (χ2v) is 4.87.